The van der Waals surface area contributed by atoms with Gasteiger partial charge in [-0.1, -0.05) is 32.8 Å². The molecular formula is C16H20N2. The average molecular weight is 240 g/mol. The Bertz CT molecular complexity index is 475. The van der Waals surface area contributed by atoms with Crippen molar-refractivity contribution in [2.75, 3.05) is 0 Å². The summed E-state index contributed by atoms with van der Waals surface area (Å²) in [5.74, 6) is 0. The van der Waals surface area contributed by atoms with E-state index in [0.717, 1.165) is 44.1 Å². The summed E-state index contributed by atoms with van der Waals surface area (Å²) in [4.78, 5) is 0. The van der Waals surface area contributed by atoms with E-state index in [4.69, 9.17) is 5.26 Å². The zero-order chi connectivity index (χ0) is 13.4. The summed E-state index contributed by atoms with van der Waals surface area (Å²) in [5.41, 5.74) is 3.47. The molecule has 1 aromatic carbocycles. The lowest BCUT2D eigenvalue weighted by Gasteiger charge is -2.12. The molecule has 2 heteroatoms. The zero-order valence-electron chi connectivity index (χ0n) is 11.3. The maximum Gasteiger partial charge on any atom is 0.101 e. The molecule has 1 aromatic rings. The minimum Gasteiger partial charge on any atom is -0.192 e. The standard InChI is InChI=1S/C16H20N2/c1-3-5-7-13-9-10-14(11-17)16(12-18)15(13)8-6-4-2/h9-10H,3-8H2,1-2H3. The van der Waals surface area contributed by atoms with Crippen LogP contribution in [0, 0.1) is 22.7 Å². The van der Waals surface area contributed by atoms with E-state index in [0.29, 0.717) is 11.1 Å². The first kappa shape index (κ1) is 14.3. The van der Waals surface area contributed by atoms with Gasteiger partial charge >= 0.3 is 0 Å². The van der Waals surface area contributed by atoms with E-state index in [1.165, 1.54) is 5.56 Å². The van der Waals surface area contributed by atoms with E-state index in [9.17, 15) is 5.26 Å². The Balaban J connectivity index is 3.18. The van der Waals surface area contributed by atoms with Gasteiger partial charge in [-0.3, -0.25) is 0 Å². The Morgan fingerprint density at radius 3 is 2.17 bits per heavy atom. The van der Waals surface area contributed by atoms with Gasteiger partial charge in [-0.05, 0) is 42.9 Å². The lowest BCUT2D eigenvalue weighted by molar-refractivity contribution is 0.756. The van der Waals surface area contributed by atoms with Gasteiger partial charge < -0.3 is 0 Å². The molecular weight excluding hydrogens is 220 g/mol. The summed E-state index contributed by atoms with van der Waals surface area (Å²) in [6, 6.07) is 8.16. The molecule has 0 fully saturated rings. The normalized spacial score (nSPS) is 9.78. The highest BCUT2D eigenvalue weighted by Gasteiger charge is 2.12. The molecule has 0 radical (unpaired) electrons. The molecule has 2 nitrogen and oxygen atoms in total. The quantitative estimate of drug-likeness (QED) is 0.751. The molecule has 0 heterocycles. The van der Waals surface area contributed by atoms with Crippen LogP contribution in [0.25, 0.3) is 0 Å². The molecule has 0 spiro atoms. The number of aryl methyl sites for hydroxylation is 1. The van der Waals surface area contributed by atoms with Gasteiger partial charge in [0.05, 0.1) is 11.1 Å². The van der Waals surface area contributed by atoms with Gasteiger partial charge in [0.1, 0.15) is 12.1 Å². The third-order valence-electron chi connectivity index (χ3n) is 3.22. The van der Waals surface area contributed by atoms with Crippen LogP contribution in [0.1, 0.15) is 61.8 Å². The van der Waals surface area contributed by atoms with Gasteiger partial charge in [-0.15, -0.1) is 0 Å². The molecule has 0 aliphatic carbocycles. The molecule has 0 saturated heterocycles. The second-order valence-electron chi connectivity index (χ2n) is 4.56. The third kappa shape index (κ3) is 3.34. The number of nitrogens with zero attached hydrogens (tertiary/aromatic N) is 2. The fourth-order valence-corrected chi connectivity index (χ4v) is 2.15. The SMILES string of the molecule is CCCCc1ccc(C#N)c(C#N)c1CCCC. The molecule has 0 atom stereocenters. The number of hydrogen-bond acceptors (Lipinski definition) is 2. The summed E-state index contributed by atoms with van der Waals surface area (Å²) in [7, 11) is 0. The fraction of sp³-hybridized carbons (Fsp3) is 0.500. The van der Waals surface area contributed by atoms with E-state index in [1.807, 2.05) is 6.07 Å². The molecule has 1 rings (SSSR count). The van der Waals surface area contributed by atoms with Crippen LogP contribution in [-0.2, 0) is 12.8 Å². The van der Waals surface area contributed by atoms with Crippen LogP contribution >= 0.6 is 0 Å². The van der Waals surface area contributed by atoms with Gasteiger partial charge in [0, 0.05) is 0 Å². The first-order chi connectivity index (χ1) is 8.78. The Kier molecular flexibility index (Phi) is 5.95. The highest BCUT2D eigenvalue weighted by Crippen LogP contribution is 2.22. The van der Waals surface area contributed by atoms with E-state index in [1.54, 1.807) is 6.07 Å². The highest BCUT2D eigenvalue weighted by molar-refractivity contribution is 5.53. The Morgan fingerprint density at radius 2 is 1.61 bits per heavy atom. The van der Waals surface area contributed by atoms with Gasteiger partial charge in [-0.25, -0.2) is 0 Å². The molecule has 0 amide bonds. The average Bonchev–Trinajstić information content (AvgIpc) is 2.42. The van der Waals surface area contributed by atoms with Crippen LogP contribution < -0.4 is 0 Å². The molecule has 0 bridgehead atoms. The monoisotopic (exact) mass is 240 g/mol. The minimum absolute atomic E-state index is 0.517. The van der Waals surface area contributed by atoms with Crippen molar-refractivity contribution < 1.29 is 0 Å². The van der Waals surface area contributed by atoms with Gasteiger partial charge in [0.2, 0.25) is 0 Å². The van der Waals surface area contributed by atoms with E-state index in [2.05, 4.69) is 26.0 Å². The highest BCUT2D eigenvalue weighted by atomic mass is 14.3. The van der Waals surface area contributed by atoms with Crippen molar-refractivity contribution in [1.29, 1.82) is 10.5 Å². The predicted molar refractivity (Wildman–Crippen MR) is 73.1 cm³/mol. The number of benzene rings is 1. The second-order valence-corrected chi connectivity index (χ2v) is 4.56. The maximum absolute atomic E-state index is 9.28. The zero-order valence-corrected chi connectivity index (χ0v) is 11.3. The Hall–Kier alpha value is -1.80. The first-order valence-electron chi connectivity index (χ1n) is 6.73. The lowest BCUT2D eigenvalue weighted by atomic mass is 9.91. The van der Waals surface area contributed by atoms with Crippen LogP contribution in [0.5, 0.6) is 0 Å². The van der Waals surface area contributed by atoms with Crippen LogP contribution in [0.4, 0.5) is 0 Å². The lowest BCUT2D eigenvalue weighted by Crippen LogP contribution is -2.01. The van der Waals surface area contributed by atoms with Crippen LogP contribution in [0.15, 0.2) is 12.1 Å². The van der Waals surface area contributed by atoms with Gasteiger partial charge in [0.25, 0.3) is 0 Å². The minimum atomic E-state index is 0.517. The number of hydrogen-bond donors (Lipinski definition) is 0. The number of nitriles is 2. The van der Waals surface area contributed by atoms with Crippen molar-refractivity contribution in [3.05, 3.63) is 34.4 Å². The number of unbranched alkanes of at least 4 members (excludes halogenated alkanes) is 2. The van der Waals surface area contributed by atoms with Crippen molar-refractivity contribution in [2.45, 2.75) is 52.4 Å². The van der Waals surface area contributed by atoms with Crippen LogP contribution in [0.3, 0.4) is 0 Å². The van der Waals surface area contributed by atoms with Crippen LogP contribution in [0.2, 0.25) is 0 Å². The Labute approximate surface area is 110 Å². The van der Waals surface area contributed by atoms with E-state index >= 15 is 0 Å². The second kappa shape index (κ2) is 7.51. The predicted octanol–water partition coefficient (Wildman–Crippen LogP) is 4.12. The Morgan fingerprint density at radius 1 is 0.944 bits per heavy atom. The molecule has 0 aromatic heterocycles. The van der Waals surface area contributed by atoms with Crippen molar-refractivity contribution >= 4 is 0 Å². The third-order valence-corrected chi connectivity index (χ3v) is 3.22. The summed E-state index contributed by atoms with van der Waals surface area (Å²) in [6.07, 6.45) is 6.38. The summed E-state index contributed by atoms with van der Waals surface area (Å²) in [5, 5.41) is 18.3. The smallest absolute Gasteiger partial charge is 0.101 e. The molecule has 18 heavy (non-hydrogen) atoms. The molecule has 0 unspecified atom stereocenters. The van der Waals surface area contributed by atoms with Gasteiger partial charge in [-0.2, -0.15) is 10.5 Å². The van der Waals surface area contributed by atoms with E-state index in [-0.39, 0.29) is 0 Å². The van der Waals surface area contributed by atoms with Crippen molar-refractivity contribution in [2.24, 2.45) is 0 Å². The first-order valence-corrected chi connectivity index (χ1v) is 6.73. The van der Waals surface area contributed by atoms with Gasteiger partial charge in [0.15, 0.2) is 0 Å². The van der Waals surface area contributed by atoms with E-state index < -0.39 is 0 Å². The molecule has 0 N–H and O–H groups in total. The molecule has 94 valence electrons. The van der Waals surface area contributed by atoms with Crippen LogP contribution in [-0.4, -0.2) is 0 Å². The summed E-state index contributed by atoms with van der Waals surface area (Å²) >= 11 is 0. The molecule has 0 aliphatic heterocycles. The van der Waals surface area contributed by atoms with Crippen molar-refractivity contribution in [3.8, 4) is 12.1 Å². The topological polar surface area (TPSA) is 47.6 Å². The summed E-state index contributed by atoms with van der Waals surface area (Å²) < 4.78 is 0. The molecule has 0 saturated carbocycles. The fourth-order valence-electron chi connectivity index (χ4n) is 2.15. The molecule has 0 aliphatic rings. The van der Waals surface area contributed by atoms with Crippen molar-refractivity contribution in [3.63, 3.8) is 0 Å². The largest absolute Gasteiger partial charge is 0.192 e. The maximum atomic E-state index is 9.28. The number of rotatable bonds is 6. The van der Waals surface area contributed by atoms with Crippen molar-refractivity contribution in [1.82, 2.24) is 0 Å². The summed E-state index contributed by atoms with van der Waals surface area (Å²) in [6.45, 7) is 4.31.